The lowest BCUT2D eigenvalue weighted by Gasteiger charge is -2.20. The molecule has 2 rings (SSSR count). The molecule has 106 valence electrons. The zero-order chi connectivity index (χ0) is 14.5. The first-order valence-electron chi connectivity index (χ1n) is 6.80. The Bertz CT molecular complexity index is 566. The fourth-order valence-corrected chi connectivity index (χ4v) is 2.37. The molecule has 0 saturated heterocycles. The minimum atomic E-state index is 0.262. The Morgan fingerprint density at radius 1 is 1.15 bits per heavy atom. The summed E-state index contributed by atoms with van der Waals surface area (Å²) in [6.07, 6.45) is 0.998. The van der Waals surface area contributed by atoms with Gasteiger partial charge in [-0.05, 0) is 48.7 Å². The summed E-state index contributed by atoms with van der Waals surface area (Å²) in [6, 6.07) is 14.4. The third-order valence-corrected chi connectivity index (χ3v) is 3.69. The molecule has 20 heavy (non-hydrogen) atoms. The second kappa shape index (κ2) is 6.67. The van der Waals surface area contributed by atoms with E-state index >= 15 is 0 Å². The topological polar surface area (TPSA) is 21.3 Å². The van der Waals surface area contributed by atoms with Crippen LogP contribution < -0.4 is 10.1 Å². The monoisotopic (exact) mass is 289 g/mol. The van der Waals surface area contributed by atoms with Gasteiger partial charge in [0.2, 0.25) is 0 Å². The molecule has 2 aromatic carbocycles. The first-order valence-corrected chi connectivity index (χ1v) is 7.18. The average molecular weight is 290 g/mol. The molecule has 0 fully saturated rings. The summed E-state index contributed by atoms with van der Waals surface area (Å²) in [4.78, 5) is 0. The van der Waals surface area contributed by atoms with Gasteiger partial charge in [-0.3, -0.25) is 0 Å². The number of methoxy groups -OCH3 is 1. The van der Waals surface area contributed by atoms with Gasteiger partial charge in [-0.2, -0.15) is 0 Å². The Hall–Kier alpha value is -1.67. The molecule has 0 aliphatic heterocycles. The normalized spacial score (nSPS) is 12.0. The molecular weight excluding hydrogens is 270 g/mol. The van der Waals surface area contributed by atoms with Gasteiger partial charge in [-0.15, -0.1) is 0 Å². The summed E-state index contributed by atoms with van der Waals surface area (Å²) >= 11 is 6.07. The number of nitrogens with one attached hydrogen (secondary N) is 1. The SMILES string of the molecule is CCC(Nc1cc(Cl)ccc1C)c1ccc(OC)cc1. The summed E-state index contributed by atoms with van der Waals surface area (Å²) in [5, 5.41) is 4.32. The lowest BCUT2D eigenvalue weighted by atomic mass is 10.0. The van der Waals surface area contributed by atoms with Gasteiger partial charge >= 0.3 is 0 Å². The van der Waals surface area contributed by atoms with Crippen LogP contribution in [-0.2, 0) is 0 Å². The number of ether oxygens (including phenoxy) is 1. The van der Waals surface area contributed by atoms with E-state index < -0.39 is 0 Å². The zero-order valence-corrected chi connectivity index (χ0v) is 12.9. The van der Waals surface area contributed by atoms with E-state index in [-0.39, 0.29) is 6.04 Å². The molecule has 0 saturated carbocycles. The Balaban J connectivity index is 2.21. The average Bonchev–Trinajstić information content (AvgIpc) is 2.48. The van der Waals surface area contributed by atoms with Crippen molar-refractivity contribution >= 4 is 17.3 Å². The third-order valence-electron chi connectivity index (χ3n) is 3.46. The van der Waals surface area contributed by atoms with Crippen molar-refractivity contribution in [2.24, 2.45) is 0 Å². The maximum absolute atomic E-state index is 6.07. The van der Waals surface area contributed by atoms with E-state index in [9.17, 15) is 0 Å². The molecule has 0 heterocycles. The third kappa shape index (κ3) is 3.45. The van der Waals surface area contributed by atoms with E-state index in [1.165, 1.54) is 11.1 Å². The highest BCUT2D eigenvalue weighted by molar-refractivity contribution is 6.30. The summed E-state index contributed by atoms with van der Waals surface area (Å²) in [5.41, 5.74) is 3.52. The van der Waals surface area contributed by atoms with Crippen molar-refractivity contribution in [3.8, 4) is 5.75 Å². The van der Waals surface area contributed by atoms with Gasteiger partial charge in [-0.1, -0.05) is 36.7 Å². The van der Waals surface area contributed by atoms with Crippen LogP contribution in [0.3, 0.4) is 0 Å². The van der Waals surface area contributed by atoms with E-state index in [1.54, 1.807) is 7.11 Å². The van der Waals surface area contributed by atoms with Crippen LogP contribution in [0.4, 0.5) is 5.69 Å². The lowest BCUT2D eigenvalue weighted by Crippen LogP contribution is -2.10. The van der Waals surface area contributed by atoms with Gasteiger partial charge in [0.25, 0.3) is 0 Å². The van der Waals surface area contributed by atoms with Crippen molar-refractivity contribution in [2.45, 2.75) is 26.3 Å². The fraction of sp³-hybridized carbons (Fsp3) is 0.294. The Morgan fingerprint density at radius 3 is 2.45 bits per heavy atom. The maximum atomic E-state index is 6.07. The molecule has 2 aromatic rings. The Kier molecular flexibility index (Phi) is 4.91. The quantitative estimate of drug-likeness (QED) is 0.815. The van der Waals surface area contributed by atoms with Gasteiger partial charge in [0.1, 0.15) is 5.75 Å². The molecule has 3 heteroatoms. The summed E-state index contributed by atoms with van der Waals surface area (Å²) in [6.45, 7) is 4.25. The fourth-order valence-electron chi connectivity index (χ4n) is 2.19. The highest BCUT2D eigenvalue weighted by atomic mass is 35.5. The standard InChI is InChI=1S/C17H20ClNO/c1-4-16(13-6-9-15(20-3)10-7-13)19-17-11-14(18)8-5-12(17)2/h5-11,16,19H,4H2,1-3H3. The van der Waals surface area contributed by atoms with Crippen LogP contribution in [0.1, 0.15) is 30.5 Å². The molecule has 0 aromatic heterocycles. The molecule has 0 bridgehead atoms. The molecule has 2 nitrogen and oxygen atoms in total. The molecule has 0 aliphatic carbocycles. The number of halogens is 1. The van der Waals surface area contributed by atoms with Gasteiger partial charge in [-0.25, -0.2) is 0 Å². The molecule has 0 amide bonds. The van der Waals surface area contributed by atoms with Crippen molar-refractivity contribution < 1.29 is 4.74 Å². The smallest absolute Gasteiger partial charge is 0.118 e. The summed E-state index contributed by atoms with van der Waals surface area (Å²) in [7, 11) is 1.68. The minimum absolute atomic E-state index is 0.262. The van der Waals surface area contributed by atoms with Crippen LogP contribution in [0.2, 0.25) is 5.02 Å². The van der Waals surface area contributed by atoms with E-state index in [0.29, 0.717) is 0 Å². The highest BCUT2D eigenvalue weighted by Crippen LogP contribution is 2.28. The second-order valence-electron chi connectivity index (χ2n) is 4.84. The van der Waals surface area contributed by atoms with Crippen molar-refractivity contribution in [3.63, 3.8) is 0 Å². The number of anilines is 1. The van der Waals surface area contributed by atoms with Crippen LogP contribution >= 0.6 is 11.6 Å². The minimum Gasteiger partial charge on any atom is -0.497 e. The summed E-state index contributed by atoms with van der Waals surface area (Å²) in [5.74, 6) is 0.877. The Labute approximate surface area is 125 Å². The lowest BCUT2D eigenvalue weighted by molar-refractivity contribution is 0.414. The van der Waals surface area contributed by atoms with Crippen LogP contribution in [0.15, 0.2) is 42.5 Å². The molecule has 0 spiro atoms. The molecule has 0 radical (unpaired) electrons. The van der Waals surface area contributed by atoms with E-state index in [4.69, 9.17) is 16.3 Å². The van der Waals surface area contributed by atoms with Gasteiger partial charge in [0.15, 0.2) is 0 Å². The molecule has 1 atom stereocenters. The van der Waals surface area contributed by atoms with Crippen LogP contribution in [0.25, 0.3) is 0 Å². The zero-order valence-electron chi connectivity index (χ0n) is 12.1. The number of hydrogen-bond donors (Lipinski definition) is 1. The predicted octanol–water partition coefficient (Wildman–Crippen LogP) is 5.22. The van der Waals surface area contributed by atoms with Crippen LogP contribution in [0.5, 0.6) is 5.75 Å². The number of rotatable bonds is 5. The Morgan fingerprint density at radius 2 is 1.85 bits per heavy atom. The molecular formula is C17H20ClNO. The van der Waals surface area contributed by atoms with Crippen molar-refractivity contribution in [1.82, 2.24) is 0 Å². The largest absolute Gasteiger partial charge is 0.497 e. The van der Waals surface area contributed by atoms with E-state index in [1.807, 2.05) is 30.3 Å². The van der Waals surface area contributed by atoms with Gasteiger partial charge < -0.3 is 10.1 Å². The van der Waals surface area contributed by atoms with E-state index in [0.717, 1.165) is 22.9 Å². The molecule has 0 aliphatic rings. The highest BCUT2D eigenvalue weighted by Gasteiger charge is 2.10. The van der Waals surface area contributed by atoms with Crippen LogP contribution in [-0.4, -0.2) is 7.11 Å². The predicted molar refractivity (Wildman–Crippen MR) is 85.8 cm³/mol. The number of hydrogen-bond acceptors (Lipinski definition) is 2. The maximum Gasteiger partial charge on any atom is 0.118 e. The summed E-state index contributed by atoms with van der Waals surface area (Å²) < 4.78 is 5.20. The van der Waals surface area contributed by atoms with Crippen molar-refractivity contribution in [1.29, 1.82) is 0 Å². The van der Waals surface area contributed by atoms with Crippen LogP contribution in [0, 0.1) is 6.92 Å². The van der Waals surface area contributed by atoms with Gasteiger partial charge in [0.05, 0.1) is 13.2 Å². The first-order chi connectivity index (χ1) is 9.63. The van der Waals surface area contributed by atoms with Crippen molar-refractivity contribution in [2.75, 3.05) is 12.4 Å². The number of aryl methyl sites for hydroxylation is 1. The van der Waals surface area contributed by atoms with Gasteiger partial charge in [0, 0.05) is 10.7 Å². The molecule has 1 unspecified atom stereocenters. The second-order valence-corrected chi connectivity index (χ2v) is 5.27. The first kappa shape index (κ1) is 14.7. The van der Waals surface area contributed by atoms with E-state index in [2.05, 4.69) is 31.3 Å². The number of benzene rings is 2. The van der Waals surface area contributed by atoms with Crippen molar-refractivity contribution in [3.05, 3.63) is 58.6 Å². The molecule has 1 N–H and O–H groups in total.